The first-order chi connectivity index (χ1) is 16.5. The van der Waals surface area contributed by atoms with Crippen molar-refractivity contribution in [2.45, 2.75) is 51.7 Å². The number of nitrogens with zero attached hydrogens (tertiary/aromatic N) is 3. The van der Waals surface area contributed by atoms with Gasteiger partial charge in [-0.05, 0) is 42.8 Å². The van der Waals surface area contributed by atoms with E-state index in [2.05, 4.69) is 27.2 Å². The third kappa shape index (κ3) is 6.45. The van der Waals surface area contributed by atoms with Gasteiger partial charge in [0.25, 0.3) is 0 Å². The van der Waals surface area contributed by atoms with E-state index in [0.29, 0.717) is 22.2 Å². The summed E-state index contributed by atoms with van der Waals surface area (Å²) in [5.41, 5.74) is 2.10. The molecule has 0 bridgehead atoms. The molecular formula is C25H27ClFN3O3S. The summed E-state index contributed by atoms with van der Waals surface area (Å²) in [5, 5.41) is 10.3. The van der Waals surface area contributed by atoms with Gasteiger partial charge in [-0.25, -0.2) is 4.39 Å². The first-order valence-corrected chi connectivity index (χ1v) is 12.7. The first kappa shape index (κ1) is 24.4. The van der Waals surface area contributed by atoms with E-state index >= 15 is 0 Å². The maximum atomic E-state index is 13.5. The van der Waals surface area contributed by atoms with E-state index in [1.807, 2.05) is 19.1 Å². The van der Waals surface area contributed by atoms with Crippen molar-refractivity contribution in [3.63, 3.8) is 0 Å². The van der Waals surface area contributed by atoms with E-state index in [4.69, 9.17) is 21.1 Å². The number of rotatable bonds is 9. The molecule has 1 saturated heterocycles. The van der Waals surface area contributed by atoms with E-state index in [1.54, 1.807) is 0 Å². The highest BCUT2D eigenvalue weighted by molar-refractivity contribution is 7.14. The molecule has 34 heavy (non-hydrogen) atoms. The predicted molar refractivity (Wildman–Crippen MR) is 132 cm³/mol. The normalized spacial score (nSPS) is 14.3. The van der Waals surface area contributed by atoms with E-state index in [1.165, 1.54) is 29.5 Å². The molecular weight excluding hydrogens is 477 g/mol. The molecule has 1 aromatic heterocycles. The number of halogens is 2. The molecule has 1 aliphatic rings. The fraction of sp³-hybridized carbons (Fsp3) is 0.400. The van der Waals surface area contributed by atoms with Crippen LogP contribution in [0.4, 0.5) is 10.1 Å². The van der Waals surface area contributed by atoms with Crippen molar-refractivity contribution in [3.8, 4) is 16.3 Å². The summed E-state index contributed by atoms with van der Waals surface area (Å²) in [6, 6.07) is 12.4. The Balaban J connectivity index is 1.28. The number of hydrogen-bond donors (Lipinski definition) is 0. The molecule has 1 aliphatic heterocycles. The van der Waals surface area contributed by atoms with Crippen molar-refractivity contribution >= 4 is 34.6 Å². The third-order valence-electron chi connectivity index (χ3n) is 5.67. The Morgan fingerprint density at radius 2 is 1.94 bits per heavy atom. The molecule has 0 unspecified atom stereocenters. The number of carbonyl (C=O) groups excluding carboxylic acids is 1. The molecule has 2 heterocycles. The zero-order valence-corrected chi connectivity index (χ0v) is 20.6. The Hall–Kier alpha value is -2.71. The van der Waals surface area contributed by atoms with Gasteiger partial charge in [0, 0.05) is 49.7 Å². The van der Waals surface area contributed by atoms with E-state index in [-0.39, 0.29) is 24.5 Å². The van der Waals surface area contributed by atoms with Crippen LogP contribution in [0.2, 0.25) is 5.02 Å². The standard InChI is InChI=1S/C25H27ClFN3O3S/c1-2-3-4-24(31)32-16-23-28-29-25(34-23)17-5-8-19(9-6-17)30-13-11-20(12-14-30)33-22-15-18(27)7-10-21(22)26/h5-10,15,20H,2-4,11-14,16H2,1H3. The number of ether oxygens (including phenoxy) is 2. The molecule has 0 N–H and O–H groups in total. The lowest BCUT2D eigenvalue weighted by Gasteiger charge is -2.34. The monoisotopic (exact) mass is 503 g/mol. The van der Waals surface area contributed by atoms with Crippen LogP contribution in [0.1, 0.15) is 44.0 Å². The van der Waals surface area contributed by atoms with Gasteiger partial charge in [0.1, 0.15) is 29.3 Å². The molecule has 0 amide bonds. The van der Waals surface area contributed by atoms with Crippen LogP contribution in [0, 0.1) is 5.82 Å². The summed E-state index contributed by atoms with van der Waals surface area (Å²) in [5.74, 6) is -0.153. The molecule has 2 aromatic carbocycles. The van der Waals surface area contributed by atoms with Gasteiger partial charge in [0.05, 0.1) is 5.02 Å². The summed E-state index contributed by atoms with van der Waals surface area (Å²) in [6.45, 7) is 3.88. The fourth-order valence-electron chi connectivity index (χ4n) is 3.76. The number of anilines is 1. The van der Waals surface area contributed by atoms with Gasteiger partial charge in [-0.3, -0.25) is 4.79 Å². The predicted octanol–water partition coefficient (Wildman–Crippen LogP) is 6.28. The lowest BCUT2D eigenvalue weighted by molar-refractivity contribution is -0.145. The summed E-state index contributed by atoms with van der Waals surface area (Å²) in [7, 11) is 0. The Labute approximate surface area is 207 Å². The van der Waals surface area contributed by atoms with E-state index in [0.717, 1.165) is 55.0 Å². The van der Waals surface area contributed by atoms with Crippen molar-refractivity contribution in [2.24, 2.45) is 0 Å². The largest absolute Gasteiger partial charge is 0.489 e. The highest BCUT2D eigenvalue weighted by atomic mass is 35.5. The molecule has 4 rings (SSSR count). The Bertz CT molecular complexity index is 1100. The topological polar surface area (TPSA) is 64.5 Å². The fourth-order valence-corrected chi connectivity index (χ4v) is 4.68. The molecule has 180 valence electrons. The SMILES string of the molecule is CCCCC(=O)OCc1nnc(-c2ccc(N3CCC(Oc4cc(F)ccc4Cl)CC3)cc2)s1. The van der Waals surface area contributed by atoms with Crippen LogP contribution in [0.3, 0.4) is 0 Å². The van der Waals surface area contributed by atoms with Gasteiger partial charge in [0.15, 0.2) is 5.01 Å². The number of esters is 1. The summed E-state index contributed by atoms with van der Waals surface area (Å²) >= 11 is 7.55. The molecule has 0 aliphatic carbocycles. The summed E-state index contributed by atoms with van der Waals surface area (Å²) < 4.78 is 24.7. The molecule has 1 fully saturated rings. The molecule has 9 heteroatoms. The lowest BCUT2D eigenvalue weighted by Crippen LogP contribution is -2.38. The summed E-state index contributed by atoms with van der Waals surface area (Å²) in [4.78, 5) is 14.0. The molecule has 0 radical (unpaired) electrons. The van der Waals surface area contributed by atoms with Gasteiger partial charge >= 0.3 is 5.97 Å². The second kappa shape index (κ2) is 11.6. The molecule has 0 atom stereocenters. The minimum absolute atomic E-state index is 0.00529. The second-order valence-electron chi connectivity index (χ2n) is 8.19. The third-order valence-corrected chi connectivity index (χ3v) is 6.92. The number of unbranched alkanes of at least 4 members (excludes halogenated alkanes) is 1. The Morgan fingerprint density at radius 3 is 2.68 bits per heavy atom. The van der Waals surface area contributed by atoms with Crippen LogP contribution in [0.5, 0.6) is 5.75 Å². The van der Waals surface area contributed by atoms with Crippen LogP contribution in [-0.4, -0.2) is 35.4 Å². The van der Waals surface area contributed by atoms with Gasteiger partial charge in [-0.2, -0.15) is 0 Å². The van der Waals surface area contributed by atoms with Crippen LogP contribution in [0.15, 0.2) is 42.5 Å². The highest BCUT2D eigenvalue weighted by Crippen LogP contribution is 2.30. The first-order valence-electron chi connectivity index (χ1n) is 11.5. The number of benzene rings is 2. The van der Waals surface area contributed by atoms with E-state index in [9.17, 15) is 9.18 Å². The molecule has 0 saturated carbocycles. The van der Waals surface area contributed by atoms with Crippen LogP contribution >= 0.6 is 22.9 Å². The summed E-state index contributed by atoms with van der Waals surface area (Å²) in [6.07, 6.45) is 3.88. The van der Waals surface area contributed by atoms with Crippen molar-refractivity contribution in [3.05, 3.63) is 58.3 Å². The second-order valence-corrected chi connectivity index (χ2v) is 9.66. The van der Waals surface area contributed by atoms with Gasteiger partial charge in [0.2, 0.25) is 0 Å². The number of carbonyl (C=O) groups is 1. The maximum Gasteiger partial charge on any atom is 0.306 e. The average molecular weight is 504 g/mol. The van der Waals surface area contributed by atoms with Gasteiger partial charge in [-0.15, -0.1) is 10.2 Å². The maximum absolute atomic E-state index is 13.5. The average Bonchev–Trinajstić information content (AvgIpc) is 3.33. The molecule has 0 spiro atoms. The number of hydrogen-bond acceptors (Lipinski definition) is 7. The Kier molecular flexibility index (Phi) is 8.34. The van der Waals surface area contributed by atoms with Crippen molar-refractivity contribution in [1.29, 1.82) is 0 Å². The van der Waals surface area contributed by atoms with Crippen molar-refractivity contribution < 1.29 is 18.7 Å². The number of aromatic nitrogens is 2. The van der Waals surface area contributed by atoms with Crippen LogP contribution < -0.4 is 9.64 Å². The smallest absolute Gasteiger partial charge is 0.306 e. The number of piperidine rings is 1. The van der Waals surface area contributed by atoms with Crippen LogP contribution in [0.25, 0.3) is 10.6 Å². The minimum atomic E-state index is -0.354. The lowest BCUT2D eigenvalue weighted by atomic mass is 10.1. The molecule has 3 aromatic rings. The van der Waals surface area contributed by atoms with Gasteiger partial charge < -0.3 is 14.4 Å². The zero-order chi connectivity index (χ0) is 23.9. The minimum Gasteiger partial charge on any atom is -0.489 e. The quantitative estimate of drug-likeness (QED) is 0.320. The van der Waals surface area contributed by atoms with Crippen LogP contribution in [-0.2, 0) is 16.1 Å². The molecule has 6 nitrogen and oxygen atoms in total. The van der Waals surface area contributed by atoms with Gasteiger partial charge in [-0.1, -0.05) is 36.3 Å². The van der Waals surface area contributed by atoms with E-state index < -0.39 is 0 Å². The highest BCUT2D eigenvalue weighted by Gasteiger charge is 2.22. The van der Waals surface area contributed by atoms with Crippen molar-refractivity contribution in [1.82, 2.24) is 10.2 Å². The van der Waals surface area contributed by atoms with Crippen molar-refractivity contribution in [2.75, 3.05) is 18.0 Å². The zero-order valence-electron chi connectivity index (χ0n) is 19.0. The Morgan fingerprint density at radius 1 is 1.18 bits per heavy atom.